The molecular weight excluding hydrogens is 388 g/mol. The molecule has 162 valence electrons. The molecule has 2 heterocycles. The van der Waals surface area contributed by atoms with Crippen molar-refractivity contribution < 1.29 is 4.74 Å². The van der Waals surface area contributed by atoms with Gasteiger partial charge in [-0.25, -0.2) is 14.6 Å². The summed E-state index contributed by atoms with van der Waals surface area (Å²) in [6.45, 7) is 7.81. The van der Waals surface area contributed by atoms with Crippen LogP contribution >= 0.6 is 0 Å². The minimum absolute atomic E-state index is 0.320. The van der Waals surface area contributed by atoms with Crippen molar-refractivity contribution in [2.45, 2.75) is 33.4 Å². The molecule has 2 N–H and O–H groups in total. The number of nitrogen functional groups attached to an aromatic ring is 1. The summed E-state index contributed by atoms with van der Waals surface area (Å²) < 4.78 is 7.60. The maximum Gasteiger partial charge on any atom is 0.164 e. The van der Waals surface area contributed by atoms with Crippen molar-refractivity contribution in [3.8, 4) is 17.0 Å². The SMILES string of the molecule is CCOc1ccc2cc(-c3nn(C[C@H](C(C)C)N(C)C)c4ncnc(N)c34)ccc2c1. The van der Waals surface area contributed by atoms with Gasteiger partial charge in [0, 0.05) is 11.6 Å². The van der Waals surface area contributed by atoms with Gasteiger partial charge < -0.3 is 15.4 Å². The zero-order valence-electron chi connectivity index (χ0n) is 18.8. The molecule has 31 heavy (non-hydrogen) atoms. The number of nitrogens with zero attached hydrogens (tertiary/aromatic N) is 5. The zero-order chi connectivity index (χ0) is 22.1. The number of fused-ring (bicyclic) bond motifs is 2. The van der Waals surface area contributed by atoms with Gasteiger partial charge in [0.25, 0.3) is 0 Å². The molecule has 0 amide bonds. The molecule has 2 aromatic carbocycles. The molecule has 0 fully saturated rings. The molecule has 0 radical (unpaired) electrons. The molecule has 7 heteroatoms. The Kier molecular flexibility index (Phi) is 5.78. The second-order valence-electron chi connectivity index (χ2n) is 8.42. The van der Waals surface area contributed by atoms with Crippen LogP contribution in [0.25, 0.3) is 33.1 Å². The number of benzene rings is 2. The highest BCUT2D eigenvalue weighted by atomic mass is 16.5. The summed E-state index contributed by atoms with van der Waals surface area (Å²) in [5, 5.41) is 8.00. The Morgan fingerprint density at radius 1 is 1.06 bits per heavy atom. The number of hydrogen-bond acceptors (Lipinski definition) is 6. The maximum atomic E-state index is 6.29. The van der Waals surface area contributed by atoms with Gasteiger partial charge >= 0.3 is 0 Å². The summed E-state index contributed by atoms with van der Waals surface area (Å²) in [6, 6.07) is 12.7. The number of nitrogens with two attached hydrogens (primary N) is 1. The van der Waals surface area contributed by atoms with Crippen molar-refractivity contribution >= 4 is 27.6 Å². The first-order valence-corrected chi connectivity index (χ1v) is 10.7. The average Bonchev–Trinajstić information content (AvgIpc) is 3.11. The van der Waals surface area contributed by atoms with Crippen molar-refractivity contribution in [2.75, 3.05) is 26.4 Å². The van der Waals surface area contributed by atoms with Crippen molar-refractivity contribution in [1.29, 1.82) is 0 Å². The van der Waals surface area contributed by atoms with E-state index in [0.717, 1.165) is 45.4 Å². The monoisotopic (exact) mass is 418 g/mol. The molecule has 0 aliphatic rings. The Labute approximate surface area is 182 Å². The van der Waals surface area contributed by atoms with Crippen LogP contribution in [0.1, 0.15) is 20.8 Å². The number of anilines is 1. The van der Waals surface area contributed by atoms with Crippen molar-refractivity contribution in [2.24, 2.45) is 5.92 Å². The van der Waals surface area contributed by atoms with Gasteiger partial charge in [0.15, 0.2) is 5.65 Å². The largest absolute Gasteiger partial charge is 0.494 e. The Bertz CT molecular complexity index is 1210. The first-order valence-electron chi connectivity index (χ1n) is 10.7. The Morgan fingerprint density at radius 3 is 2.52 bits per heavy atom. The predicted molar refractivity (Wildman–Crippen MR) is 126 cm³/mol. The van der Waals surface area contributed by atoms with Crippen molar-refractivity contribution in [1.82, 2.24) is 24.6 Å². The number of likely N-dealkylation sites (N-methyl/N-ethyl adjacent to an activating group) is 1. The smallest absolute Gasteiger partial charge is 0.164 e. The fraction of sp³-hybridized carbons (Fsp3) is 0.375. The Morgan fingerprint density at radius 2 is 1.81 bits per heavy atom. The number of hydrogen-bond donors (Lipinski definition) is 1. The number of aromatic nitrogens is 4. The van der Waals surface area contributed by atoms with E-state index in [0.29, 0.717) is 24.4 Å². The van der Waals surface area contributed by atoms with Gasteiger partial charge in [-0.15, -0.1) is 0 Å². The molecule has 0 saturated heterocycles. The van der Waals surface area contributed by atoms with Crippen LogP contribution in [0.2, 0.25) is 0 Å². The lowest BCUT2D eigenvalue weighted by molar-refractivity contribution is 0.202. The van der Waals surface area contributed by atoms with E-state index in [4.69, 9.17) is 15.6 Å². The maximum absolute atomic E-state index is 6.29. The first kappa shape index (κ1) is 21.1. The van der Waals surface area contributed by atoms with E-state index in [2.05, 4.69) is 73.1 Å². The molecule has 2 aromatic heterocycles. The highest BCUT2D eigenvalue weighted by Gasteiger charge is 2.22. The molecule has 1 atom stereocenters. The fourth-order valence-electron chi connectivity index (χ4n) is 4.13. The van der Waals surface area contributed by atoms with Gasteiger partial charge in [0.2, 0.25) is 0 Å². The third-order valence-electron chi connectivity index (χ3n) is 5.75. The van der Waals surface area contributed by atoms with Crippen LogP contribution in [0.4, 0.5) is 5.82 Å². The number of ether oxygens (including phenoxy) is 1. The van der Waals surface area contributed by atoms with Crippen LogP contribution < -0.4 is 10.5 Å². The molecule has 0 aliphatic carbocycles. The molecule has 0 spiro atoms. The lowest BCUT2D eigenvalue weighted by Crippen LogP contribution is -2.37. The van der Waals surface area contributed by atoms with Gasteiger partial charge in [0.1, 0.15) is 23.6 Å². The minimum Gasteiger partial charge on any atom is -0.494 e. The van der Waals surface area contributed by atoms with E-state index in [1.165, 1.54) is 6.33 Å². The Balaban J connectivity index is 1.83. The summed E-state index contributed by atoms with van der Waals surface area (Å²) in [6.07, 6.45) is 1.51. The van der Waals surface area contributed by atoms with Gasteiger partial charge in [-0.3, -0.25) is 0 Å². The van der Waals surface area contributed by atoms with Crippen LogP contribution in [0.5, 0.6) is 5.75 Å². The normalized spacial score (nSPS) is 12.9. The summed E-state index contributed by atoms with van der Waals surface area (Å²) in [4.78, 5) is 11.0. The van der Waals surface area contributed by atoms with Crippen LogP contribution in [0.15, 0.2) is 42.7 Å². The topological polar surface area (TPSA) is 82.1 Å². The van der Waals surface area contributed by atoms with E-state index < -0.39 is 0 Å². The molecule has 4 aromatic rings. The molecule has 7 nitrogen and oxygen atoms in total. The van der Waals surface area contributed by atoms with E-state index in [1.807, 2.05) is 17.7 Å². The fourth-order valence-corrected chi connectivity index (χ4v) is 4.13. The molecule has 0 bridgehead atoms. The van der Waals surface area contributed by atoms with Crippen LogP contribution in [0, 0.1) is 5.92 Å². The highest BCUT2D eigenvalue weighted by molar-refractivity contribution is 6.00. The van der Waals surface area contributed by atoms with E-state index in [9.17, 15) is 0 Å². The standard InChI is InChI=1S/C24H30N6O/c1-6-31-19-10-9-16-11-18(8-7-17(16)12-19)22-21-23(25)26-14-27-24(21)30(28-22)13-20(15(2)3)29(4)5/h7-12,14-15,20H,6,13H2,1-5H3,(H2,25,26,27)/t20-/m1/s1. The first-order chi connectivity index (χ1) is 14.9. The van der Waals surface area contributed by atoms with E-state index >= 15 is 0 Å². The highest BCUT2D eigenvalue weighted by Crippen LogP contribution is 2.33. The third kappa shape index (κ3) is 4.05. The Hall–Kier alpha value is -3.19. The molecule has 0 unspecified atom stereocenters. The molecule has 0 saturated carbocycles. The summed E-state index contributed by atoms with van der Waals surface area (Å²) in [5.41, 5.74) is 8.86. The van der Waals surface area contributed by atoms with Crippen molar-refractivity contribution in [3.05, 3.63) is 42.7 Å². The second-order valence-corrected chi connectivity index (χ2v) is 8.42. The zero-order valence-corrected chi connectivity index (χ0v) is 18.8. The van der Waals surface area contributed by atoms with E-state index in [1.54, 1.807) is 0 Å². The summed E-state index contributed by atoms with van der Waals surface area (Å²) in [5.74, 6) is 1.79. The second kappa shape index (κ2) is 8.51. The average molecular weight is 419 g/mol. The van der Waals surface area contributed by atoms with Crippen LogP contribution in [-0.4, -0.2) is 51.4 Å². The lowest BCUT2D eigenvalue weighted by atomic mass is 10.0. The summed E-state index contributed by atoms with van der Waals surface area (Å²) in [7, 11) is 4.20. The minimum atomic E-state index is 0.320. The van der Waals surface area contributed by atoms with Gasteiger partial charge in [-0.1, -0.05) is 32.0 Å². The predicted octanol–water partition coefficient (Wildman–Crippen LogP) is 4.21. The van der Waals surface area contributed by atoms with E-state index in [-0.39, 0.29) is 0 Å². The number of rotatable bonds is 7. The quantitative estimate of drug-likeness (QED) is 0.484. The third-order valence-corrected chi connectivity index (χ3v) is 5.75. The molecule has 4 rings (SSSR count). The molecular formula is C24H30N6O. The summed E-state index contributed by atoms with van der Waals surface area (Å²) >= 11 is 0. The van der Waals surface area contributed by atoms with Gasteiger partial charge in [-0.05, 0) is 55.9 Å². The van der Waals surface area contributed by atoms with Crippen LogP contribution in [0.3, 0.4) is 0 Å². The van der Waals surface area contributed by atoms with Gasteiger partial charge in [0.05, 0.1) is 18.5 Å². The lowest BCUT2D eigenvalue weighted by Gasteiger charge is -2.27. The van der Waals surface area contributed by atoms with Crippen LogP contribution in [-0.2, 0) is 6.54 Å². The van der Waals surface area contributed by atoms with Crippen molar-refractivity contribution in [3.63, 3.8) is 0 Å². The van der Waals surface area contributed by atoms with Gasteiger partial charge in [-0.2, -0.15) is 5.10 Å². The molecule has 0 aliphatic heterocycles.